The molecule has 19 heavy (non-hydrogen) atoms. The van der Waals surface area contributed by atoms with Gasteiger partial charge in [-0.05, 0) is 18.8 Å². The Morgan fingerprint density at radius 2 is 1.68 bits per heavy atom. The van der Waals surface area contributed by atoms with Crippen molar-refractivity contribution in [3.05, 3.63) is 17.7 Å². The van der Waals surface area contributed by atoms with Gasteiger partial charge in [0, 0.05) is 12.1 Å². The van der Waals surface area contributed by atoms with E-state index >= 15 is 0 Å². The smallest absolute Gasteiger partial charge is 0.132 e. The van der Waals surface area contributed by atoms with Crippen LogP contribution >= 0.6 is 0 Å². The predicted octanol–water partition coefficient (Wildman–Crippen LogP) is 2.94. The fourth-order valence-corrected chi connectivity index (χ4v) is 2.31. The van der Waals surface area contributed by atoms with Crippen LogP contribution in [-0.2, 0) is 0 Å². The summed E-state index contributed by atoms with van der Waals surface area (Å²) in [5.74, 6) is 2.68. The molecule has 1 saturated carbocycles. The lowest BCUT2D eigenvalue weighted by Crippen LogP contribution is -2.05. The number of methoxy groups -OCH3 is 3. The lowest BCUT2D eigenvalue weighted by atomic mass is 10.0. The van der Waals surface area contributed by atoms with Crippen molar-refractivity contribution < 1.29 is 19.3 Å². The zero-order valence-corrected chi connectivity index (χ0v) is 11.8. The Balaban J connectivity index is 2.23. The first kappa shape index (κ1) is 14.0. The summed E-state index contributed by atoms with van der Waals surface area (Å²) in [4.78, 5) is 0. The molecule has 1 aliphatic carbocycles. The van der Waals surface area contributed by atoms with Crippen molar-refractivity contribution in [3.8, 4) is 17.2 Å². The summed E-state index contributed by atoms with van der Waals surface area (Å²) in [6.45, 7) is 0. The SMILES string of the molecule is COc1cc(OC)c(C(O)CCC2CC2)c(OC)c1. The maximum atomic E-state index is 10.4. The van der Waals surface area contributed by atoms with Crippen LogP contribution in [0.5, 0.6) is 17.2 Å². The van der Waals surface area contributed by atoms with Crippen molar-refractivity contribution in [2.45, 2.75) is 31.8 Å². The largest absolute Gasteiger partial charge is 0.496 e. The monoisotopic (exact) mass is 266 g/mol. The van der Waals surface area contributed by atoms with E-state index in [2.05, 4.69) is 0 Å². The molecule has 106 valence electrons. The number of benzene rings is 1. The number of hydrogen-bond acceptors (Lipinski definition) is 4. The summed E-state index contributed by atoms with van der Waals surface area (Å²) in [5.41, 5.74) is 0.714. The van der Waals surface area contributed by atoms with E-state index in [1.807, 2.05) is 0 Å². The second-order valence-corrected chi connectivity index (χ2v) is 4.98. The Hall–Kier alpha value is -1.42. The molecule has 1 fully saturated rings. The van der Waals surface area contributed by atoms with Gasteiger partial charge in [0.25, 0.3) is 0 Å². The lowest BCUT2D eigenvalue weighted by Gasteiger charge is -2.19. The maximum Gasteiger partial charge on any atom is 0.132 e. The van der Waals surface area contributed by atoms with Crippen molar-refractivity contribution in [1.82, 2.24) is 0 Å². The molecule has 0 bridgehead atoms. The van der Waals surface area contributed by atoms with Gasteiger partial charge in [-0.25, -0.2) is 0 Å². The van der Waals surface area contributed by atoms with Gasteiger partial charge in [-0.3, -0.25) is 0 Å². The number of ether oxygens (including phenoxy) is 3. The summed E-state index contributed by atoms with van der Waals surface area (Å²) in [5, 5.41) is 10.4. The second kappa shape index (κ2) is 6.15. The highest BCUT2D eigenvalue weighted by atomic mass is 16.5. The van der Waals surface area contributed by atoms with Crippen LogP contribution in [-0.4, -0.2) is 26.4 Å². The van der Waals surface area contributed by atoms with Gasteiger partial charge in [0.15, 0.2) is 0 Å². The third kappa shape index (κ3) is 3.32. The average Bonchev–Trinajstić information content (AvgIpc) is 3.27. The molecule has 0 saturated heterocycles. The highest BCUT2D eigenvalue weighted by Gasteiger charge is 2.25. The molecule has 4 heteroatoms. The maximum absolute atomic E-state index is 10.4. The van der Waals surface area contributed by atoms with Crippen LogP contribution in [0, 0.1) is 5.92 Å². The van der Waals surface area contributed by atoms with Gasteiger partial charge in [-0.15, -0.1) is 0 Å². The third-order valence-electron chi connectivity index (χ3n) is 3.63. The van der Waals surface area contributed by atoms with Crippen LogP contribution in [0.2, 0.25) is 0 Å². The molecule has 1 unspecified atom stereocenters. The zero-order chi connectivity index (χ0) is 13.8. The van der Waals surface area contributed by atoms with Crippen molar-refractivity contribution in [1.29, 1.82) is 0 Å². The molecular formula is C15H22O4. The molecule has 0 heterocycles. The highest BCUT2D eigenvalue weighted by molar-refractivity contribution is 5.51. The second-order valence-electron chi connectivity index (χ2n) is 4.98. The van der Waals surface area contributed by atoms with Crippen molar-refractivity contribution in [2.75, 3.05) is 21.3 Å². The van der Waals surface area contributed by atoms with Gasteiger partial charge >= 0.3 is 0 Å². The van der Waals surface area contributed by atoms with Crippen molar-refractivity contribution >= 4 is 0 Å². The minimum Gasteiger partial charge on any atom is -0.496 e. The van der Waals surface area contributed by atoms with Crippen LogP contribution in [0.3, 0.4) is 0 Å². The van der Waals surface area contributed by atoms with E-state index in [-0.39, 0.29) is 0 Å². The molecule has 0 radical (unpaired) electrons. The summed E-state index contributed by atoms with van der Waals surface area (Å²) in [6.07, 6.45) is 3.83. The van der Waals surface area contributed by atoms with Crippen LogP contribution in [0.1, 0.15) is 37.4 Å². The van der Waals surface area contributed by atoms with Gasteiger partial charge < -0.3 is 19.3 Å². The van der Waals surface area contributed by atoms with E-state index in [4.69, 9.17) is 14.2 Å². The third-order valence-corrected chi connectivity index (χ3v) is 3.63. The van der Waals surface area contributed by atoms with Crippen LogP contribution in [0.4, 0.5) is 0 Å². The first-order valence-electron chi connectivity index (χ1n) is 6.67. The summed E-state index contributed by atoms with van der Waals surface area (Å²) < 4.78 is 15.9. The molecule has 0 spiro atoms. The van der Waals surface area contributed by atoms with Gasteiger partial charge in [-0.2, -0.15) is 0 Å². The molecule has 1 aliphatic rings. The van der Waals surface area contributed by atoms with Crippen molar-refractivity contribution in [2.24, 2.45) is 5.92 Å². The fourth-order valence-electron chi connectivity index (χ4n) is 2.31. The molecule has 1 aromatic carbocycles. The minimum absolute atomic E-state index is 0.559. The molecule has 0 aromatic heterocycles. The number of aliphatic hydroxyl groups excluding tert-OH is 1. The minimum atomic E-state index is -0.559. The Bertz CT molecular complexity index is 401. The number of rotatable bonds is 7. The Labute approximate surface area is 114 Å². The molecule has 1 N–H and O–H groups in total. The Morgan fingerprint density at radius 3 is 2.11 bits per heavy atom. The Kier molecular flexibility index (Phi) is 4.53. The number of hydrogen-bond donors (Lipinski definition) is 1. The van der Waals surface area contributed by atoms with Gasteiger partial charge in [-0.1, -0.05) is 12.8 Å². The fraction of sp³-hybridized carbons (Fsp3) is 0.600. The van der Waals surface area contributed by atoms with Crippen LogP contribution < -0.4 is 14.2 Å². The van der Waals surface area contributed by atoms with Gasteiger partial charge in [0.2, 0.25) is 0 Å². The summed E-state index contributed by atoms with van der Waals surface area (Å²) >= 11 is 0. The molecule has 2 rings (SSSR count). The van der Waals surface area contributed by atoms with Crippen LogP contribution in [0.25, 0.3) is 0 Å². The zero-order valence-electron chi connectivity index (χ0n) is 11.8. The standard InChI is InChI=1S/C15H22O4/c1-17-11-8-13(18-2)15(14(9-11)19-3)12(16)7-6-10-4-5-10/h8-10,12,16H,4-7H2,1-3H3. The van der Waals surface area contributed by atoms with Crippen molar-refractivity contribution in [3.63, 3.8) is 0 Å². The number of aliphatic hydroxyl groups is 1. The van der Waals surface area contributed by atoms with E-state index < -0.39 is 6.10 Å². The molecule has 1 atom stereocenters. The average molecular weight is 266 g/mol. The Morgan fingerprint density at radius 1 is 1.11 bits per heavy atom. The van der Waals surface area contributed by atoms with Gasteiger partial charge in [0.1, 0.15) is 17.2 Å². The molecular weight excluding hydrogens is 244 g/mol. The van der Waals surface area contributed by atoms with E-state index in [9.17, 15) is 5.11 Å². The van der Waals surface area contributed by atoms with E-state index in [1.54, 1.807) is 33.5 Å². The lowest BCUT2D eigenvalue weighted by molar-refractivity contribution is 0.154. The first-order chi connectivity index (χ1) is 9.19. The topological polar surface area (TPSA) is 47.9 Å². The normalized spacial score (nSPS) is 16.0. The summed E-state index contributed by atoms with van der Waals surface area (Å²) in [7, 11) is 4.77. The summed E-state index contributed by atoms with van der Waals surface area (Å²) in [6, 6.07) is 3.55. The quantitative estimate of drug-likeness (QED) is 0.824. The van der Waals surface area contributed by atoms with Gasteiger partial charge in [0.05, 0.1) is 33.0 Å². The van der Waals surface area contributed by atoms with E-state index in [0.29, 0.717) is 22.8 Å². The molecule has 4 nitrogen and oxygen atoms in total. The van der Waals surface area contributed by atoms with E-state index in [1.165, 1.54) is 12.8 Å². The molecule has 0 aliphatic heterocycles. The van der Waals surface area contributed by atoms with Crippen LogP contribution in [0.15, 0.2) is 12.1 Å². The predicted molar refractivity (Wildman–Crippen MR) is 73.0 cm³/mol. The highest BCUT2D eigenvalue weighted by Crippen LogP contribution is 2.42. The first-order valence-corrected chi connectivity index (χ1v) is 6.67. The molecule has 1 aromatic rings. The molecule has 0 amide bonds. The van der Waals surface area contributed by atoms with E-state index in [0.717, 1.165) is 18.8 Å².